The van der Waals surface area contributed by atoms with Crippen LogP contribution >= 0.6 is 11.8 Å². The molecule has 1 aromatic carbocycles. The molecule has 0 saturated carbocycles. The first-order valence-corrected chi connectivity index (χ1v) is 5.97. The molecule has 0 spiro atoms. The van der Waals surface area contributed by atoms with E-state index < -0.39 is 6.36 Å². The molecule has 1 rings (SSSR count). The molecule has 1 aromatic rings. The SMILES string of the molecule is CSc1cccc(CC(C)=O)c1OC(F)(F)F. The fourth-order valence-corrected chi connectivity index (χ4v) is 1.93. The number of ether oxygens (including phenoxy) is 1. The van der Waals surface area contributed by atoms with Crippen molar-refractivity contribution in [2.75, 3.05) is 6.26 Å². The van der Waals surface area contributed by atoms with E-state index in [-0.39, 0.29) is 23.5 Å². The molecule has 0 saturated heterocycles. The molecule has 94 valence electrons. The van der Waals surface area contributed by atoms with Crippen LogP contribution in [0.4, 0.5) is 13.2 Å². The van der Waals surface area contributed by atoms with E-state index in [1.54, 1.807) is 12.3 Å². The van der Waals surface area contributed by atoms with Crippen LogP contribution in [0, 0.1) is 0 Å². The van der Waals surface area contributed by atoms with Gasteiger partial charge >= 0.3 is 6.36 Å². The van der Waals surface area contributed by atoms with Crippen LogP contribution in [-0.2, 0) is 11.2 Å². The third-order valence-corrected chi connectivity index (χ3v) is 2.70. The highest BCUT2D eigenvalue weighted by atomic mass is 32.2. The molecule has 2 nitrogen and oxygen atoms in total. The average molecular weight is 264 g/mol. The van der Waals surface area contributed by atoms with Gasteiger partial charge in [0.05, 0.1) is 0 Å². The minimum Gasteiger partial charge on any atom is -0.404 e. The van der Waals surface area contributed by atoms with Crippen molar-refractivity contribution in [2.45, 2.75) is 24.6 Å². The number of ketones is 1. The summed E-state index contributed by atoms with van der Waals surface area (Å²) in [6.07, 6.45) is -3.17. The van der Waals surface area contributed by atoms with Crippen molar-refractivity contribution in [3.05, 3.63) is 23.8 Å². The molecule has 0 bridgehead atoms. The Morgan fingerprint density at radius 1 is 1.41 bits per heavy atom. The molecule has 17 heavy (non-hydrogen) atoms. The van der Waals surface area contributed by atoms with Gasteiger partial charge in [-0.1, -0.05) is 12.1 Å². The quantitative estimate of drug-likeness (QED) is 0.779. The standard InChI is InChI=1S/C11H11F3O2S/c1-7(15)6-8-4-3-5-9(17-2)10(8)16-11(12,13)14/h3-5H,6H2,1-2H3. The lowest BCUT2D eigenvalue weighted by Crippen LogP contribution is -2.19. The lowest BCUT2D eigenvalue weighted by atomic mass is 10.1. The van der Waals surface area contributed by atoms with Crippen LogP contribution in [0.5, 0.6) is 5.75 Å². The highest BCUT2D eigenvalue weighted by Crippen LogP contribution is 2.35. The second-order valence-electron chi connectivity index (χ2n) is 3.38. The summed E-state index contributed by atoms with van der Waals surface area (Å²) in [5.41, 5.74) is 0.252. The molecular formula is C11H11F3O2S. The van der Waals surface area contributed by atoms with Crippen LogP contribution in [0.3, 0.4) is 0 Å². The molecule has 0 N–H and O–H groups in total. The van der Waals surface area contributed by atoms with Gasteiger partial charge in [-0.3, -0.25) is 4.79 Å². The molecule has 0 heterocycles. The summed E-state index contributed by atoms with van der Waals surface area (Å²) in [6.45, 7) is 1.32. The first kappa shape index (κ1) is 13.9. The fraction of sp³-hybridized carbons (Fsp3) is 0.364. The van der Waals surface area contributed by atoms with E-state index in [1.807, 2.05) is 0 Å². The van der Waals surface area contributed by atoms with Gasteiger partial charge in [0.15, 0.2) is 0 Å². The molecule has 0 fully saturated rings. The van der Waals surface area contributed by atoms with Gasteiger partial charge in [0.2, 0.25) is 0 Å². The summed E-state index contributed by atoms with van der Waals surface area (Å²) in [7, 11) is 0. The maximum absolute atomic E-state index is 12.3. The molecule has 0 amide bonds. The zero-order valence-corrected chi connectivity index (χ0v) is 10.1. The van der Waals surface area contributed by atoms with Gasteiger partial charge in [-0.05, 0) is 19.2 Å². The topological polar surface area (TPSA) is 26.3 Å². The highest BCUT2D eigenvalue weighted by Gasteiger charge is 2.33. The minimum absolute atomic E-state index is 0.0696. The second kappa shape index (κ2) is 5.44. The van der Waals surface area contributed by atoms with E-state index in [0.717, 1.165) is 11.8 Å². The van der Waals surface area contributed by atoms with Crippen molar-refractivity contribution >= 4 is 17.5 Å². The summed E-state index contributed by atoms with van der Waals surface area (Å²) >= 11 is 1.14. The Kier molecular flexibility index (Phi) is 4.45. The molecule has 0 aliphatic heterocycles. The van der Waals surface area contributed by atoms with Crippen molar-refractivity contribution in [2.24, 2.45) is 0 Å². The van der Waals surface area contributed by atoms with E-state index >= 15 is 0 Å². The number of hydrogen-bond donors (Lipinski definition) is 0. The smallest absolute Gasteiger partial charge is 0.404 e. The zero-order chi connectivity index (χ0) is 13.1. The number of alkyl halides is 3. The molecule has 6 heteroatoms. The normalized spacial score (nSPS) is 11.4. The van der Waals surface area contributed by atoms with Gasteiger partial charge in [0, 0.05) is 16.9 Å². The van der Waals surface area contributed by atoms with Crippen LogP contribution in [0.15, 0.2) is 23.1 Å². The van der Waals surface area contributed by atoms with Gasteiger partial charge in [-0.2, -0.15) is 0 Å². The van der Waals surface area contributed by atoms with Gasteiger partial charge in [0.25, 0.3) is 0 Å². The van der Waals surface area contributed by atoms with Gasteiger partial charge in [-0.25, -0.2) is 0 Å². The summed E-state index contributed by atoms with van der Waals surface area (Å²) in [5, 5.41) is 0. The fourth-order valence-electron chi connectivity index (χ4n) is 1.36. The third-order valence-electron chi connectivity index (χ3n) is 1.94. The highest BCUT2D eigenvalue weighted by molar-refractivity contribution is 7.98. The molecule has 0 aromatic heterocycles. The molecule has 0 atom stereocenters. The number of Topliss-reactive ketones (excluding diaryl/α,β-unsaturated/α-hetero) is 1. The number of benzene rings is 1. The van der Waals surface area contributed by atoms with Gasteiger partial charge in [0.1, 0.15) is 11.5 Å². The maximum Gasteiger partial charge on any atom is 0.573 e. The number of rotatable bonds is 4. The number of thioether (sulfide) groups is 1. The van der Waals surface area contributed by atoms with Crippen LogP contribution in [0.1, 0.15) is 12.5 Å². The van der Waals surface area contributed by atoms with Gasteiger partial charge in [-0.15, -0.1) is 24.9 Å². The molecular weight excluding hydrogens is 253 g/mol. The predicted octanol–water partition coefficient (Wildman–Crippen LogP) is 3.44. The third kappa shape index (κ3) is 4.30. The monoisotopic (exact) mass is 264 g/mol. The number of carbonyl (C=O) groups is 1. The number of halogens is 3. The number of hydrogen-bond acceptors (Lipinski definition) is 3. The lowest BCUT2D eigenvalue weighted by molar-refractivity contribution is -0.275. The molecule has 0 radical (unpaired) electrons. The van der Waals surface area contributed by atoms with Crippen LogP contribution in [0.25, 0.3) is 0 Å². The summed E-state index contributed by atoms with van der Waals surface area (Å²) in [4.78, 5) is 11.3. The van der Waals surface area contributed by atoms with Crippen molar-refractivity contribution < 1.29 is 22.7 Å². The Morgan fingerprint density at radius 2 is 2.06 bits per heavy atom. The van der Waals surface area contributed by atoms with Crippen molar-refractivity contribution in [1.29, 1.82) is 0 Å². The van der Waals surface area contributed by atoms with E-state index in [0.29, 0.717) is 4.90 Å². The second-order valence-corrected chi connectivity index (χ2v) is 4.22. The van der Waals surface area contributed by atoms with E-state index in [1.165, 1.54) is 19.1 Å². The van der Waals surface area contributed by atoms with Crippen molar-refractivity contribution in [1.82, 2.24) is 0 Å². The van der Waals surface area contributed by atoms with E-state index in [4.69, 9.17) is 0 Å². The van der Waals surface area contributed by atoms with Crippen LogP contribution in [0.2, 0.25) is 0 Å². The largest absolute Gasteiger partial charge is 0.573 e. The van der Waals surface area contributed by atoms with Crippen molar-refractivity contribution in [3.8, 4) is 5.75 Å². The van der Waals surface area contributed by atoms with E-state index in [9.17, 15) is 18.0 Å². The number of para-hydroxylation sites is 1. The predicted molar refractivity (Wildman–Crippen MR) is 59.3 cm³/mol. The number of carbonyl (C=O) groups excluding carboxylic acids is 1. The lowest BCUT2D eigenvalue weighted by Gasteiger charge is -2.15. The van der Waals surface area contributed by atoms with Crippen LogP contribution in [-0.4, -0.2) is 18.4 Å². The Bertz CT molecular complexity index is 416. The first-order valence-electron chi connectivity index (χ1n) is 4.74. The molecule has 0 aliphatic rings. The first-order chi connectivity index (χ1) is 7.83. The van der Waals surface area contributed by atoms with Crippen molar-refractivity contribution in [3.63, 3.8) is 0 Å². The summed E-state index contributed by atoms with van der Waals surface area (Å²) < 4.78 is 40.8. The van der Waals surface area contributed by atoms with Crippen LogP contribution < -0.4 is 4.74 Å². The summed E-state index contributed by atoms with van der Waals surface area (Å²) in [5.74, 6) is -0.488. The maximum atomic E-state index is 12.3. The Labute approximate surface area is 101 Å². The Balaban J connectivity index is 3.15. The Morgan fingerprint density at radius 3 is 2.53 bits per heavy atom. The van der Waals surface area contributed by atoms with Gasteiger partial charge < -0.3 is 4.74 Å². The molecule has 0 unspecified atom stereocenters. The average Bonchev–Trinajstić information content (AvgIpc) is 2.17. The zero-order valence-electron chi connectivity index (χ0n) is 9.30. The Hall–Kier alpha value is -1.17. The van der Waals surface area contributed by atoms with E-state index in [2.05, 4.69) is 4.74 Å². The summed E-state index contributed by atoms with van der Waals surface area (Å²) in [6, 6.07) is 4.59. The minimum atomic E-state index is -4.75. The molecule has 0 aliphatic carbocycles.